The third-order valence-electron chi connectivity index (χ3n) is 5.69. The lowest BCUT2D eigenvalue weighted by Crippen LogP contribution is -2.43. The molecule has 0 aromatic carbocycles. The molecule has 174 valence electrons. The van der Waals surface area contributed by atoms with Gasteiger partial charge in [0.2, 0.25) is 17.6 Å². The Hall–Kier alpha value is -2.92. The van der Waals surface area contributed by atoms with E-state index in [-0.39, 0.29) is 49.1 Å². The average molecular weight is 458 g/mol. The first-order valence-corrected chi connectivity index (χ1v) is 10.0. The van der Waals surface area contributed by atoms with Crippen molar-refractivity contribution in [2.75, 3.05) is 13.1 Å². The second-order valence-electron chi connectivity index (χ2n) is 8.90. The molecule has 1 amide bonds. The molecule has 2 aliphatic rings. The highest BCUT2D eigenvalue weighted by Crippen LogP contribution is 2.75. The summed E-state index contributed by atoms with van der Waals surface area (Å²) in [6.07, 6.45) is 0.794. The number of halogens is 4. The molecule has 32 heavy (non-hydrogen) atoms. The number of ether oxygens (including phenoxy) is 2. The number of hydrogen-bond donors (Lipinski definition) is 0. The molecule has 1 saturated carbocycles. The summed E-state index contributed by atoms with van der Waals surface area (Å²) in [5.41, 5.74) is -1.81. The number of piperidine rings is 1. The first-order valence-electron chi connectivity index (χ1n) is 10.0. The van der Waals surface area contributed by atoms with E-state index in [1.807, 2.05) is 0 Å². The number of aromatic nitrogens is 3. The van der Waals surface area contributed by atoms with Gasteiger partial charge in [-0.05, 0) is 39.7 Å². The van der Waals surface area contributed by atoms with Gasteiger partial charge in [0.15, 0.2) is 0 Å². The number of amides is 1. The lowest BCUT2D eigenvalue weighted by atomic mass is 9.90. The first-order chi connectivity index (χ1) is 14.9. The Labute approximate surface area is 180 Å². The van der Waals surface area contributed by atoms with Crippen molar-refractivity contribution in [1.29, 1.82) is 0 Å². The van der Waals surface area contributed by atoms with E-state index in [1.165, 1.54) is 23.2 Å². The molecular formula is C20H22F4N4O4. The predicted octanol–water partition coefficient (Wildman–Crippen LogP) is 4.48. The maximum Gasteiger partial charge on any atom is 0.410 e. The van der Waals surface area contributed by atoms with Gasteiger partial charge in [-0.25, -0.2) is 18.6 Å². The van der Waals surface area contributed by atoms with Gasteiger partial charge >= 0.3 is 12.7 Å². The lowest BCUT2D eigenvalue weighted by molar-refractivity contribution is -0.0528. The highest BCUT2D eigenvalue weighted by molar-refractivity contribution is 5.68. The van der Waals surface area contributed by atoms with Gasteiger partial charge in [0, 0.05) is 30.9 Å². The van der Waals surface area contributed by atoms with Gasteiger partial charge in [0.1, 0.15) is 11.5 Å². The summed E-state index contributed by atoms with van der Waals surface area (Å²) in [5, 5.41) is 3.72. The number of rotatable bonds is 4. The van der Waals surface area contributed by atoms with Gasteiger partial charge in [-0.15, -0.1) is 0 Å². The molecule has 0 N–H and O–H groups in total. The molecule has 8 nitrogen and oxygen atoms in total. The summed E-state index contributed by atoms with van der Waals surface area (Å²) in [7, 11) is 0. The first kappa shape index (κ1) is 22.3. The summed E-state index contributed by atoms with van der Waals surface area (Å²) in [4.78, 5) is 21.4. The number of likely N-dealkylation sites (tertiary alicyclic amines) is 1. The molecule has 1 saturated heterocycles. The molecule has 2 fully saturated rings. The van der Waals surface area contributed by atoms with Crippen LogP contribution < -0.4 is 4.74 Å². The Balaban J connectivity index is 1.47. The topological polar surface area (TPSA) is 90.6 Å². The Bertz CT molecular complexity index is 999. The van der Waals surface area contributed by atoms with Crippen LogP contribution in [0.3, 0.4) is 0 Å². The van der Waals surface area contributed by atoms with Crippen LogP contribution in [0, 0.1) is 5.41 Å². The van der Waals surface area contributed by atoms with Crippen LogP contribution in [-0.2, 0) is 4.74 Å². The highest BCUT2D eigenvalue weighted by atomic mass is 19.3. The minimum absolute atomic E-state index is 0.0365. The van der Waals surface area contributed by atoms with E-state index in [4.69, 9.17) is 9.26 Å². The number of nitrogens with zero attached hydrogens (tertiary/aromatic N) is 4. The van der Waals surface area contributed by atoms with Gasteiger partial charge in [-0.2, -0.15) is 13.8 Å². The van der Waals surface area contributed by atoms with Crippen LogP contribution in [-0.4, -0.2) is 57.3 Å². The van der Waals surface area contributed by atoms with E-state index >= 15 is 0 Å². The maximum absolute atomic E-state index is 14.9. The number of hydrogen-bond acceptors (Lipinski definition) is 7. The second kappa shape index (κ2) is 7.59. The van der Waals surface area contributed by atoms with E-state index in [0.29, 0.717) is 0 Å². The molecule has 1 spiro atoms. The van der Waals surface area contributed by atoms with Gasteiger partial charge in [-0.3, -0.25) is 0 Å². The molecule has 0 radical (unpaired) electrons. The lowest BCUT2D eigenvalue weighted by Gasteiger charge is -2.33. The van der Waals surface area contributed by atoms with E-state index in [0.717, 1.165) is 0 Å². The number of carbonyl (C=O) groups excluding carboxylic acids is 1. The fraction of sp³-hybridized carbons (Fsp3) is 0.600. The van der Waals surface area contributed by atoms with Gasteiger partial charge in [0.25, 0.3) is 5.92 Å². The van der Waals surface area contributed by atoms with Crippen molar-refractivity contribution in [3.8, 4) is 17.3 Å². The second-order valence-corrected chi connectivity index (χ2v) is 8.90. The monoisotopic (exact) mass is 458 g/mol. The molecule has 0 bridgehead atoms. The van der Waals surface area contributed by atoms with Crippen LogP contribution in [0.2, 0.25) is 0 Å². The van der Waals surface area contributed by atoms with Crippen molar-refractivity contribution in [3.63, 3.8) is 0 Å². The Kier molecular flexibility index (Phi) is 5.29. The van der Waals surface area contributed by atoms with Crippen molar-refractivity contribution in [1.82, 2.24) is 20.0 Å². The largest absolute Gasteiger partial charge is 0.444 e. The third-order valence-corrected chi connectivity index (χ3v) is 5.69. The van der Waals surface area contributed by atoms with Crippen LogP contribution in [0.4, 0.5) is 22.4 Å². The zero-order valence-electron chi connectivity index (χ0n) is 17.6. The fourth-order valence-corrected chi connectivity index (χ4v) is 4.11. The molecular weight excluding hydrogens is 436 g/mol. The molecule has 1 unspecified atom stereocenters. The van der Waals surface area contributed by atoms with Gasteiger partial charge in [0.05, 0.1) is 5.41 Å². The van der Waals surface area contributed by atoms with Crippen molar-refractivity contribution >= 4 is 6.09 Å². The van der Waals surface area contributed by atoms with Crippen LogP contribution in [0.1, 0.15) is 45.4 Å². The standard InChI is InChI=1S/C20H22F4N4O4/c1-18(2,3)31-17(29)28-8-5-19(6-9-28)13(20(19,23)24)15-26-14(27-32-15)11-4-7-25-12(10-11)30-16(21)22/h4,7,10,13,16H,5-6,8-9H2,1-3H3. The Morgan fingerprint density at radius 3 is 2.59 bits per heavy atom. The quantitative estimate of drug-likeness (QED) is 0.624. The van der Waals surface area contributed by atoms with E-state index in [1.54, 1.807) is 20.8 Å². The molecule has 1 atom stereocenters. The summed E-state index contributed by atoms with van der Waals surface area (Å²) in [6, 6.07) is 2.59. The zero-order valence-corrected chi connectivity index (χ0v) is 17.6. The van der Waals surface area contributed by atoms with Crippen molar-refractivity contribution in [3.05, 3.63) is 24.2 Å². The van der Waals surface area contributed by atoms with Crippen molar-refractivity contribution < 1.29 is 36.4 Å². The summed E-state index contributed by atoms with van der Waals surface area (Å²) in [6.45, 7) is 2.40. The van der Waals surface area contributed by atoms with Crippen LogP contribution in [0.5, 0.6) is 5.88 Å². The van der Waals surface area contributed by atoms with Crippen molar-refractivity contribution in [2.24, 2.45) is 5.41 Å². The Morgan fingerprint density at radius 2 is 1.97 bits per heavy atom. The van der Waals surface area contributed by atoms with Gasteiger partial charge in [-0.1, -0.05) is 5.16 Å². The molecule has 12 heteroatoms. The number of alkyl halides is 4. The minimum atomic E-state index is -3.07. The summed E-state index contributed by atoms with van der Waals surface area (Å²) in [5.74, 6) is -4.98. The van der Waals surface area contributed by atoms with E-state index < -0.39 is 35.6 Å². The van der Waals surface area contributed by atoms with Crippen LogP contribution >= 0.6 is 0 Å². The normalized spacial score (nSPS) is 21.6. The zero-order chi connectivity index (χ0) is 23.3. The maximum atomic E-state index is 14.9. The van der Waals surface area contributed by atoms with Crippen molar-refractivity contribution in [2.45, 2.75) is 57.7 Å². The SMILES string of the molecule is CC(C)(C)OC(=O)N1CCC2(CC1)C(c1nc(-c3ccnc(OC(F)F)c3)no1)C2(F)F. The number of pyridine rings is 1. The molecule has 2 aromatic heterocycles. The molecule has 4 rings (SSSR count). The predicted molar refractivity (Wildman–Crippen MR) is 101 cm³/mol. The van der Waals surface area contributed by atoms with E-state index in [9.17, 15) is 22.4 Å². The van der Waals surface area contributed by atoms with Crippen LogP contribution in [0.15, 0.2) is 22.9 Å². The molecule has 2 aromatic rings. The molecule has 3 heterocycles. The van der Waals surface area contributed by atoms with E-state index in [2.05, 4.69) is 19.9 Å². The summed E-state index contributed by atoms with van der Waals surface area (Å²) < 4.78 is 69.2. The molecule has 1 aliphatic carbocycles. The molecule has 1 aliphatic heterocycles. The third kappa shape index (κ3) is 3.97. The number of carbonyl (C=O) groups is 1. The Morgan fingerprint density at radius 1 is 1.28 bits per heavy atom. The fourth-order valence-electron chi connectivity index (χ4n) is 4.11. The minimum Gasteiger partial charge on any atom is -0.444 e. The van der Waals surface area contributed by atoms with Gasteiger partial charge < -0.3 is 18.9 Å². The van der Waals surface area contributed by atoms with Crippen LogP contribution in [0.25, 0.3) is 11.4 Å². The summed E-state index contributed by atoms with van der Waals surface area (Å²) >= 11 is 0. The average Bonchev–Trinajstić information content (AvgIpc) is 3.00. The highest BCUT2D eigenvalue weighted by Gasteiger charge is 2.82. The smallest absolute Gasteiger partial charge is 0.410 e.